The topological polar surface area (TPSA) is 199 Å². The minimum atomic E-state index is -0.897. The molecule has 2 aromatic rings. The third-order valence-electron chi connectivity index (χ3n) is 7.55. The average Bonchev–Trinajstić information content (AvgIpc) is 3.40. The smallest absolute Gasteiger partial charge is 0.224 e. The molecule has 3 rings (SSSR count). The highest BCUT2D eigenvalue weighted by atomic mass is 32.1. The Morgan fingerprint density at radius 3 is 2.59 bits per heavy atom. The number of nitrogens with two attached hydrogens (primary N) is 2. The number of nitrogens with one attached hydrogen (secondary N) is 3. The number of benzene rings is 1. The molecule has 1 saturated heterocycles. The van der Waals surface area contributed by atoms with E-state index in [-0.39, 0.29) is 66.1 Å². The average molecular weight is 628 g/mol. The lowest BCUT2D eigenvalue weighted by atomic mass is 9.89. The highest BCUT2D eigenvalue weighted by molar-refractivity contribution is 7.20. The molecule has 4 atom stereocenters. The third-order valence-corrected chi connectivity index (χ3v) is 8.61. The number of aliphatic imine (C=N–C) groups is 1. The van der Waals surface area contributed by atoms with Crippen LogP contribution in [-0.4, -0.2) is 65.4 Å². The Bertz CT molecular complexity index is 1320. The van der Waals surface area contributed by atoms with E-state index in [1.54, 1.807) is 6.92 Å². The van der Waals surface area contributed by atoms with Crippen LogP contribution in [-0.2, 0) is 19.2 Å². The first kappa shape index (κ1) is 34.6. The third kappa shape index (κ3) is 10.7. The van der Waals surface area contributed by atoms with Gasteiger partial charge in [-0.1, -0.05) is 39.3 Å². The number of carbonyl (C=O) groups is 5. The Hall–Kier alpha value is -3.87. The van der Waals surface area contributed by atoms with Gasteiger partial charge in [-0.3, -0.25) is 29.0 Å². The number of amides is 3. The van der Waals surface area contributed by atoms with E-state index in [1.807, 2.05) is 38.1 Å². The maximum Gasteiger partial charge on any atom is 0.224 e. The summed E-state index contributed by atoms with van der Waals surface area (Å²) in [6, 6.07) is 5.74. The molecule has 1 aliphatic heterocycles. The molecular weight excluding hydrogens is 582 g/mol. The number of guanidine groups is 1. The molecule has 3 amide bonds. The van der Waals surface area contributed by atoms with Gasteiger partial charge in [-0.25, -0.2) is 4.98 Å². The van der Waals surface area contributed by atoms with E-state index in [4.69, 9.17) is 11.5 Å². The molecule has 1 aromatic carbocycles. The van der Waals surface area contributed by atoms with Crippen LogP contribution in [0.3, 0.4) is 0 Å². The van der Waals surface area contributed by atoms with Crippen LogP contribution in [0.25, 0.3) is 10.2 Å². The van der Waals surface area contributed by atoms with Crippen LogP contribution in [0.4, 0.5) is 0 Å². The van der Waals surface area contributed by atoms with Gasteiger partial charge < -0.3 is 27.4 Å². The summed E-state index contributed by atoms with van der Waals surface area (Å²) in [5, 5.41) is 8.85. The minimum absolute atomic E-state index is 0.0344. The summed E-state index contributed by atoms with van der Waals surface area (Å²) < 4.78 is 0.859. The number of para-hydroxylation sites is 1. The van der Waals surface area contributed by atoms with Crippen LogP contribution in [0.1, 0.15) is 81.9 Å². The maximum absolute atomic E-state index is 13.8. The zero-order valence-corrected chi connectivity index (χ0v) is 26.6. The minimum Gasteiger partial charge on any atom is -0.370 e. The molecule has 0 unspecified atom stereocenters. The number of carbonyl (C=O) groups excluding carboxylic acids is 5. The molecule has 2 heterocycles. The van der Waals surface area contributed by atoms with E-state index in [0.29, 0.717) is 44.2 Å². The van der Waals surface area contributed by atoms with E-state index >= 15 is 0 Å². The quantitative estimate of drug-likeness (QED) is 0.114. The van der Waals surface area contributed by atoms with Gasteiger partial charge in [-0.2, -0.15) is 0 Å². The lowest BCUT2D eigenvalue weighted by molar-refractivity contribution is -0.134. The van der Waals surface area contributed by atoms with Crippen LogP contribution in [0.2, 0.25) is 0 Å². The summed E-state index contributed by atoms with van der Waals surface area (Å²) in [7, 11) is 0. The number of nitrogens with zero attached hydrogens (tertiary/aromatic N) is 2. The summed E-state index contributed by atoms with van der Waals surface area (Å²) >= 11 is 1.26. The molecule has 1 aliphatic rings. The summed E-state index contributed by atoms with van der Waals surface area (Å²) in [6.45, 7) is 6.24. The SMILES string of the molecule is CC(C)C[C@@H]1NC(=O)[C@@H](C)CC(=O)NCCCC[C@@H](C(=O)N[C@@H](CCCN=C(N)N)C(=O)c2nc3ccccc3s2)CC1=O. The Morgan fingerprint density at radius 1 is 1.14 bits per heavy atom. The van der Waals surface area contributed by atoms with Crippen LogP contribution in [0.15, 0.2) is 29.3 Å². The molecule has 44 heavy (non-hydrogen) atoms. The van der Waals surface area contributed by atoms with Crippen molar-refractivity contribution >= 4 is 56.8 Å². The molecule has 7 N–H and O–H groups in total. The lowest BCUT2D eigenvalue weighted by Gasteiger charge is -2.25. The predicted molar refractivity (Wildman–Crippen MR) is 171 cm³/mol. The molecule has 0 saturated carbocycles. The summed E-state index contributed by atoms with van der Waals surface area (Å²) in [5.41, 5.74) is 11.6. The zero-order valence-electron chi connectivity index (χ0n) is 25.8. The van der Waals surface area contributed by atoms with Gasteiger partial charge in [-0.05, 0) is 50.2 Å². The van der Waals surface area contributed by atoms with Crippen molar-refractivity contribution in [3.05, 3.63) is 29.3 Å². The first-order valence-corrected chi connectivity index (χ1v) is 16.1. The van der Waals surface area contributed by atoms with E-state index in [1.165, 1.54) is 11.3 Å². The second kappa shape index (κ2) is 16.8. The van der Waals surface area contributed by atoms with Crippen molar-refractivity contribution in [1.29, 1.82) is 0 Å². The Balaban J connectivity index is 1.83. The van der Waals surface area contributed by atoms with Gasteiger partial charge in [0.15, 0.2) is 16.8 Å². The van der Waals surface area contributed by atoms with Crippen molar-refractivity contribution in [2.75, 3.05) is 13.1 Å². The van der Waals surface area contributed by atoms with Crippen molar-refractivity contribution in [3.8, 4) is 0 Å². The number of hydrogen-bond donors (Lipinski definition) is 5. The van der Waals surface area contributed by atoms with E-state index in [9.17, 15) is 24.0 Å². The van der Waals surface area contributed by atoms with Gasteiger partial charge in [0.1, 0.15) is 0 Å². The van der Waals surface area contributed by atoms with Crippen LogP contribution >= 0.6 is 11.3 Å². The summed E-state index contributed by atoms with van der Waals surface area (Å²) in [4.78, 5) is 74.7. The standard InChI is InChI=1S/C31H45N7O5S/c1-18(2)15-23-24(39)17-20(9-6-7-13-34-26(40)16-19(3)28(42)37-23)29(43)36-22(11-8-14-35-31(32)33)27(41)30-38-21-10-4-5-12-25(21)44-30/h4-5,10,12,18-20,22-23H,6-9,11,13-17H2,1-3H3,(H,34,40)(H,36,43)(H,37,42)(H4,32,33,35)/t19-,20+,22-,23-/m0/s1. The lowest BCUT2D eigenvalue weighted by Crippen LogP contribution is -2.47. The molecule has 1 fully saturated rings. The Kier molecular flexibility index (Phi) is 13.2. The molecule has 0 radical (unpaired) electrons. The second-order valence-corrected chi connectivity index (χ2v) is 12.9. The summed E-state index contributed by atoms with van der Waals surface area (Å²) in [6.07, 6.45) is 2.63. The van der Waals surface area contributed by atoms with Crippen molar-refractivity contribution < 1.29 is 24.0 Å². The van der Waals surface area contributed by atoms with Crippen LogP contribution < -0.4 is 27.4 Å². The number of rotatable bonds is 10. The van der Waals surface area contributed by atoms with Crippen LogP contribution in [0.5, 0.6) is 0 Å². The zero-order chi connectivity index (χ0) is 32.2. The fourth-order valence-electron chi connectivity index (χ4n) is 5.14. The molecule has 0 spiro atoms. The fraction of sp³-hybridized carbons (Fsp3) is 0.581. The Labute approximate surface area is 262 Å². The van der Waals surface area contributed by atoms with E-state index in [0.717, 1.165) is 4.70 Å². The van der Waals surface area contributed by atoms with Crippen molar-refractivity contribution in [2.24, 2.45) is 34.2 Å². The summed E-state index contributed by atoms with van der Waals surface area (Å²) in [5.74, 6) is -2.88. The number of ketones is 2. The van der Waals surface area contributed by atoms with Gasteiger partial charge in [0, 0.05) is 37.8 Å². The number of hydrogen-bond acceptors (Lipinski definition) is 8. The number of Topliss-reactive ketones (excluding diaryl/α,β-unsaturated/α-hetero) is 2. The first-order valence-electron chi connectivity index (χ1n) is 15.3. The molecule has 0 aliphatic carbocycles. The highest BCUT2D eigenvalue weighted by Gasteiger charge is 2.32. The van der Waals surface area contributed by atoms with Gasteiger partial charge in [0.25, 0.3) is 0 Å². The van der Waals surface area contributed by atoms with Crippen molar-refractivity contribution in [3.63, 3.8) is 0 Å². The predicted octanol–water partition coefficient (Wildman–Crippen LogP) is 2.45. The van der Waals surface area contributed by atoms with E-state index in [2.05, 4.69) is 25.9 Å². The molecule has 240 valence electrons. The normalized spacial score (nSPS) is 21.2. The molecule has 0 bridgehead atoms. The van der Waals surface area contributed by atoms with Gasteiger partial charge >= 0.3 is 0 Å². The fourth-order valence-corrected chi connectivity index (χ4v) is 6.10. The molecular formula is C31H45N7O5S. The largest absolute Gasteiger partial charge is 0.370 e. The molecule has 13 heteroatoms. The number of aromatic nitrogens is 1. The Morgan fingerprint density at radius 2 is 1.89 bits per heavy atom. The van der Waals surface area contributed by atoms with Gasteiger partial charge in [-0.15, -0.1) is 11.3 Å². The van der Waals surface area contributed by atoms with Crippen LogP contribution in [0, 0.1) is 17.8 Å². The van der Waals surface area contributed by atoms with E-state index < -0.39 is 29.8 Å². The maximum atomic E-state index is 13.8. The molecule has 12 nitrogen and oxygen atoms in total. The number of fused-ring (bicyclic) bond motifs is 1. The highest BCUT2D eigenvalue weighted by Crippen LogP contribution is 2.24. The number of thiazole rings is 1. The monoisotopic (exact) mass is 627 g/mol. The van der Waals surface area contributed by atoms with Gasteiger partial charge in [0.2, 0.25) is 23.5 Å². The molecule has 1 aromatic heterocycles. The van der Waals surface area contributed by atoms with Crippen molar-refractivity contribution in [1.82, 2.24) is 20.9 Å². The van der Waals surface area contributed by atoms with Crippen molar-refractivity contribution in [2.45, 2.75) is 84.2 Å². The van der Waals surface area contributed by atoms with Gasteiger partial charge in [0.05, 0.1) is 22.3 Å². The first-order chi connectivity index (χ1) is 20.9. The second-order valence-electron chi connectivity index (χ2n) is 11.9.